The van der Waals surface area contributed by atoms with Crippen molar-refractivity contribution in [3.05, 3.63) is 61.9 Å². The van der Waals surface area contributed by atoms with E-state index in [1.807, 2.05) is 0 Å². The van der Waals surface area contributed by atoms with Crippen LogP contribution in [0.2, 0.25) is 5.02 Å². The van der Waals surface area contributed by atoms with Gasteiger partial charge in [0.25, 0.3) is 11.8 Å². The molecule has 0 atom stereocenters. The van der Waals surface area contributed by atoms with Gasteiger partial charge in [-0.2, -0.15) is 5.01 Å². The van der Waals surface area contributed by atoms with Crippen LogP contribution in [-0.4, -0.2) is 34.9 Å². The van der Waals surface area contributed by atoms with Gasteiger partial charge >= 0.3 is 0 Å². The summed E-state index contributed by atoms with van der Waals surface area (Å²) in [7, 11) is 1.50. The molecule has 31 heavy (non-hydrogen) atoms. The number of rotatable bonds is 6. The molecule has 0 bridgehead atoms. The maximum absolute atomic E-state index is 12.9. The summed E-state index contributed by atoms with van der Waals surface area (Å²) in [6, 6.07) is 9.74. The average Bonchev–Trinajstić information content (AvgIpc) is 3.00. The number of hydrazine groups is 1. The van der Waals surface area contributed by atoms with E-state index < -0.39 is 11.8 Å². The number of amides is 2. The molecule has 1 fully saturated rings. The van der Waals surface area contributed by atoms with Crippen molar-refractivity contribution in [2.24, 2.45) is 0 Å². The third-order valence-electron chi connectivity index (χ3n) is 3.97. The number of methoxy groups -OCH3 is 1. The molecule has 0 spiro atoms. The van der Waals surface area contributed by atoms with E-state index in [-0.39, 0.29) is 10.9 Å². The molecule has 2 aromatic carbocycles. The van der Waals surface area contributed by atoms with Crippen molar-refractivity contribution in [1.29, 1.82) is 0 Å². The number of thiocarbonyl (C=S) groups is 1. The monoisotopic (exact) mass is 536 g/mol. The molecule has 1 aliphatic heterocycles. The highest BCUT2D eigenvalue weighted by Gasteiger charge is 2.34. The Morgan fingerprint density at radius 1 is 1.39 bits per heavy atom. The number of terminal acetylenes is 1. The number of nitrogens with zero attached hydrogens (tertiary/aromatic N) is 1. The van der Waals surface area contributed by atoms with Crippen LogP contribution >= 0.6 is 51.5 Å². The van der Waals surface area contributed by atoms with Crippen LogP contribution in [0.15, 0.2) is 45.8 Å². The molecule has 0 aromatic heterocycles. The van der Waals surface area contributed by atoms with E-state index in [1.165, 1.54) is 7.11 Å². The third kappa shape index (κ3) is 5.40. The topological polar surface area (TPSA) is 67.9 Å². The lowest BCUT2D eigenvalue weighted by atomic mass is 10.1. The molecular formula is C21H14BrClN2O4S2. The number of hydrogen-bond acceptors (Lipinski definition) is 6. The summed E-state index contributed by atoms with van der Waals surface area (Å²) in [5.41, 5.74) is 3.42. The number of thioether (sulfide) groups is 1. The second-order valence-corrected chi connectivity index (χ2v) is 9.01. The quantitative estimate of drug-likeness (QED) is 0.328. The molecule has 0 unspecified atom stereocenters. The molecule has 0 radical (unpaired) electrons. The lowest BCUT2D eigenvalue weighted by Crippen LogP contribution is -2.44. The van der Waals surface area contributed by atoms with Crippen molar-refractivity contribution in [3.8, 4) is 23.8 Å². The Balaban J connectivity index is 1.88. The molecule has 0 saturated carbocycles. The molecule has 10 heteroatoms. The van der Waals surface area contributed by atoms with Crippen molar-refractivity contribution in [1.82, 2.24) is 10.4 Å². The highest BCUT2D eigenvalue weighted by atomic mass is 79.9. The minimum Gasteiger partial charge on any atom is -0.493 e. The maximum Gasteiger partial charge on any atom is 0.285 e. The van der Waals surface area contributed by atoms with E-state index >= 15 is 0 Å². The van der Waals surface area contributed by atoms with Gasteiger partial charge in [0.15, 0.2) is 15.8 Å². The maximum atomic E-state index is 12.9. The lowest BCUT2D eigenvalue weighted by Gasteiger charge is -2.15. The van der Waals surface area contributed by atoms with Crippen molar-refractivity contribution < 1.29 is 19.1 Å². The predicted molar refractivity (Wildman–Crippen MR) is 129 cm³/mol. The summed E-state index contributed by atoms with van der Waals surface area (Å²) in [6.07, 6.45) is 6.91. The van der Waals surface area contributed by atoms with Crippen molar-refractivity contribution in [3.63, 3.8) is 0 Å². The van der Waals surface area contributed by atoms with Crippen LogP contribution in [0, 0.1) is 12.3 Å². The SMILES string of the molecule is C#CCOc1c(/C=C2/SC(=S)N(NC(=O)c3ccc(Cl)cc3)C2=O)cc(Br)cc1OC. The van der Waals surface area contributed by atoms with Crippen molar-refractivity contribution >= 4 is 73.7 Å². The number of ether oxygens (including phenoxy) is 2. The summed E-state index contributed by atoms with van der Waals surface area (Å²) in [5, 5.41) is 1.53. The molecule has 2 aromatic rings. The number of carbonyl (C=O) groups is 2. The summed E-state index contributed by atoms with van der Waals surface area (Å²) in [4.78, 5) is 25.7. The fraction of sp³-hybridized carbons (Fsp3) is 0.0952. The number of halogens is 2. The Bertz CT molecular complexity index is 1130. The normalized spacial score (nSPS) is 14.5. The van der Waals surface area contributed by atoms with Gasteiger partial charge in [-0.1, -0.05) is 45.2 Å². The number of benzene rings is 2. The number of carbonyl (C=O) groups excluding carboxylic acids is 2. The fourth-order valence-corrected chi connectivity index (χ4v) is 4.34. The molecule has 158 valence electrons. The van der Waals surface area contributed by atoms with Gasteiger partial charge < -0.3 is 9.47 Å². The molecule has 6 nitrogen and oxygen atoms in total. The van der Waals surface area contributed by atoms with Gasteiger partial charge in [0.1, 0.15) is 6.61 Å². The molecule has 0 aliphatic carbocycles. The van der Waals surface area contributed by atoms with Gasteiger partial charge in [-0.15, -0.1) is 6.42 Å². The van der Waals surface area contributed by atoms with Gasteiger partial charge in [0.05, 0.1) is 12.0 Å². The summed E-state index contributed by atoms with van der Waals surface area (Å²) >= 11 is 15.6. The minimum atomic E-state index is -0.489. The van der Waals surface area contributed by atoms with E-state index in [9.17, 15) is 9.59 Å². The molecule has 2 amide bonds. The first kappa shape index (κ1) is 23.2. The Kier molecular flexibility index (Phi) is 7.62. The average molecular weight is 538 g/mol. The van der Waals surface area contributed by atoms with Crippen molar-refractivity contribution in [2.75, 3.05) is 13.7 Å². The second kappa shape index (κ2) is 10.2. The van der Waals surface area contributed by atoms with E-state index in [4.69, 9.17) is 39.7 Å². The van der Waals surface area contributed by atoms with Gasteiger partial charge in [-0.3, -0.25) is 15.0 Å². The molecule has 1 heterocycles. The Labute approximate surface area is 202 Å². The highest BCUT2D eigenvalue weighted by molar-refractivity contribution is 9.10. The molecule has 1 N–H and O–H groups in total. The van der Waals surface area contributed by atoms with E-state index in [2.05, 4.69) is 27.3 Å². The molecule has 3 rings (SSSR count). The van der Waals surface area contributed by atoms with Crippen LogP contribution in [0.3, 0.4) is 0 Å². The van der Waals surface area contributed by atoms with Gasteiger partial charge in [-0.25, -0.2) is 0 Å². The standard InChI is InChI=1S/C21H14BrClN2O4S2/c1-3-8-29-18-13(9-14(22)11-16(18)28-2)10-17-20(27)25(21(30)31-17)24-19(26)12-4-6-15(23)7-5-12/h1,4-7,9-11H,8H2,2H3,(H,24,26)/b17-10+. The Hall–Kier alpha value is -2.51. The summed E-state index contributed by atoms with van der Waals surface area (Å²) < 4.78 is 11.9. The zero-order valence-electron chi connectivity index (χ0n) is 16.0. The van der Waals surface area contributed by atoms with Crippen LogP contribution in [0.4, 0.5) is 0 Å². The zero-order chi connectivity index (χ0) is 22.5. The molecule has 1 aliphatic rings. The van der Waals surface area contributed by atoms with E-state index in [1.54, 1.807) is 42.5 Å². The van der Waals surface area contributed by atoms with Gasteiger partial charge in [0, 0.05) is 20.6 Å². The number of nitrogens with one attached hydrogen (secondary N) is 1. The first-order valence-electron chi connectivity index (χ1n) is 8.62. The van der Waals surface area contributed by atoms with E-state index in [0.717, 1.165) is 21.2 Å². The van der Waals surface area contributed by atoms with Crippen molar-refractivity contribution in [2.45, 2.75) is 0 Å². The zero-order valence-corrected chi connectivity index (χ0v) is 20.0. The first-order valence-corrected chi connectivity index (χ1v) is 11.0. The highest BCUT2D eigenvalue weighted by Crippen LogP contribution is 2.39. The molecular weight excluding hydrogens is 524 g/mol. The van der Waals surface area contributed by atoms with Crippen LogP contribution in [-0.2, 0) is 4.79 Å². The summed E-state index contributed by atoms with van der Waals surface area (Å²) in [5.74, 6) is 2.27. The predicted octanol–water partition coefficient (Wildman–Crippen LogP) is 4.67. The van der Waals surface area contributed by atoms with Crippen LogP contribution in [0.5, 0.6) is 11.5 Å². The second-order valence-electron chi connectivity index (χ2n) is 5.98. The Morgan fingerprint density at radius 3 is 2.74 bits per heavy atom. The van der Waals surface area contributed by atoms with Crippen LogP contribution in [0.25, 0.3) is 6.08 Å². The van der Waals surface area contributed by atoms with Crippen LogP contribution < -0.4 is 14.9 Å². The van der Waals surface area contributed by atoms with Crippen LogP contribution in [0.1, 0.15) is 15.9 Å². The minimum absolute atomic E-state index is 0.0247. The number of hydrogen-bond donors (Lipinski definition) is 1. The van der Waals surface area contributed by atoms with E-state index in [0.29, 0.717) is 32.6 Å². The fourth-order valence-electron chi connectivity index (χ4n) is 2.59. The summed E-state index contributed by atoms with van der Waals surface area (Å²) in [6.45, 7) is 0.0247. The smallest absolute Gasteiger partial charge is 0.285 e. The Morgan fingerprint density at radius 2 is 2.10 bits per heavy atom. The molecule has 1 saturated heterocycles. The lowest BCUT2D eigenvalue weighted by molar-refractivity contribution is -0.123. The third-order valence-corrected chi connectivity index (χ3v) is 5.98. The van der Waals surface area contributed by atoms with Gasteiger partial charge in [-0.05, 0) is 54.7 Å². The van der Waals surface area contributed by atoms with Gasteiger partial charge in [0.2, 0.25) is 0 Å². The largest absolute Gasteiger partial charge is 0.493 e. The first-order chi connectivity index (χ1) is 14.8.